The van der Waals surface area contributed by atoms with E-state index in [-0.39, 0.29) is 5.97 Å². The summed E-state index contributed by atoms with van der Waals surface area (Å²) in [6.45, 7) is 6.94. The van der Waals surface area contributed by atoms with Gasteiger partial charge in [-0.1, -0.05) is 32.1 Å². The van der Waals surface area contributed by atoms with Crippen molar-refractivity contribution in [2.45, 2.75) is 44.6 Å². The summed E-state index contributed by atoms with van der Waals surface area (Å²) in [5.41, 5.74) is 0. The number of esters is 1. The first-order chi connectivity index (χ1) is 6.77. The molecular weight excluding hydrogens is 178 g/mol. The van der Waals surface area contributed by atoms with Crippen LogP contribution in [-0.4, -0.2) is 19.1 Å². The molecule has 0 N–H and O–H groups in total. The Bertz CT molecular complexity index is 226. The van der Waals surface area contributed by atoms with Gasteiger partial charge in [-0.2, -0.15) is 0 Å². The van der Waals surface area contributed by atoms with E-state index in [0.717, 1.165) is 0 Å². The third-order valence-electron chi connectivity index (χ3n) is 2.91. The van der Waals surface area contributed by atoms with E-state index >= 15 is 0 Å². The third-order valence-corrected chi connectivity index (χ3v) is 2.91. The molecule has 1 aliphatic rings. The molecule has 1 rings (SSSR count). The smallest absolute Gasteiger partial charge is 0.389 e. The highest BCUT2D eigenvalue weighted by Crippen LogP contribution is 2.28. The minimum atomic E-state index is -0.567. The Balaban J connectivity index is 2.39. The quantitative estimate of drug-likeness (QED) is 0.511. The van der Waals surface area contributed by atoms with Gasteiger partial charge in [-0.25, -0.2) is 11.4 Å². The van der Waals surface area contributed by atoms with Crippen molar-refractivity contribution in [2.75, 3.05) is 7.11 Å². The molecule has 3 nitrogen and oxygen atoms in total. The number of nitrogens with zero attached hydrogens (tertiary/aromatic N) is 1. The first-order valence-corrected chi connectivity index (χ1v) is 5.22. The van der Waals surface area contributed by atoms with Crippen LogP contribution in [0.25, 0.3) is 4.85 Å². The summed E-state index contributed by atoms with van der Waals surface area (Å²) in [7, 11) is 1.35. The molecule has 1 atom stereocenters. The molecule has 1 fully saturated rings. The second-order valence-electron chi connectivity index (χ2n) is 3.91. The van der Waals surface area contributed by atoms with E-state index in [9.17, 15) is 4.79 Å². The second kappa shape index (κ2) is 5.64. The maximum Gasteiger partial charge on any atom is 0.389 e. The number of hydrogen-bond donors (Lipinski definition) is 0. The average molecular weight is 195 g/mol. The van der Waals surface area contributed by atoms with E-state index in [1.54, 1.807) is 0 Å². The molecule has 0 spiro atoms. The van der Waals surface area contributed by atoms with Crippen molar-refractivity contribution < 1.29 is 9.53 Å². The summed E-state index contributed by atoms with van der Waals surface area (Å²) in [6, 6.07) is -0.567. The van der Waals surface area contributed by atoms with Gasteiger partial charge >= 0.3 is 12.0 Å². The fraction of sp³-hybridized carbons (Fsp3) is 0.818. The normalized spacial score (nSPS) is 19.7. The number of hydrogen-bond acceptors (Lipinski definition) is 2. The Hall–Kier alpha value is -1.04. The second-order valence-corrected chi connectivity index (χ2v) is 3.91. The third kappa shape index (κ3) is 3.02. The minimum Gasteiger partial charge on any atom is -0.463 e. The van der Waals surface area contributed by atoms with Gasteiger partial charge in [0.05, 0.1) is 7.11 Å². The fourth-order valence-corrected chi connectivity index (χ4v) is 2.08. The first-order valence-electron chi connectivity index (χ1n) is 5.22. The van der Waals surface area contributed by atoms with E-state index in [1.165, 1.54) is 39.2 Å². The van der Waals surface area contributed by atoms with Crippen LogP contribution in [0.5, 0.6) is 0 Å². The van der Waals surface area contributed by atoms with Gasteiger partial charge in [0.15, 0.2) is 0 Å². The van der Waals surface area contributed by atoms with Crippen LogP contribution in [0.2, 0.25) is 0 Å². The Morgan fingerprint density at radius 3 is 2.64 bits per heavy atom. The molecule has 1 unspecified atom stereocenters. The van der Waals surface area contributed by atoms with Gasteiger partial charge < -0.3 is 9.58 Å². The molecule has 1 saturated carbocycles. The Kier molecular flexibility index (Phi) is 4.45. The summed E-state index contributed by atoms with van der Waals surface area (Å²) >= 11 is 0. The van der Waals surface area contributed by atoms with E-state index in [2.05, 4.69) is 9.58 Å². The summed E-state index contributed by atoms with van der Waals surface area (Å²) in [5, 5.41) is 0. The van der Waals surface area contributed by atoms with Crippen molar-refractivity contribution in [3.63, 3.8) is 0 Å². The van der Waals surface area contributed by atoms with Crippen molar-refractivity contribution in [3.05, 3.63) is 11.4 Å². The molecule has 14 heavy (non-hydrogen) atoms. The number of methoxy groups -OCH3 is 1. The molecule has 0 radical (unpaired) electrons. The summed E-state index contributed by atoms with van der Waals surface area (Å²) in [6.07, 6.45) is 6.83. The molecule has 0 saturated heterocycles. The number of ether oxygens (including phenoxy) is 1. The van der Waals surface area contributed by atoms with E-state index in [1.807, 2.05) is 0 Å². The number of carbonyl (C=O) groups excluding carboxylic acids is 1. The van der Waals surface area contributed by atoms with Crippen LogP contribution in [0, 0.1) is 12.5 Å². The molecule has 0 amide bonds. The lowest BCUT2D eigenvalue weighted by molar-refractivity contribution is -0.141. The molecule has 0 aromatic rings. The van der Waals surface area contributed by atoms with Crippen molar-refractivity contribution in [1.29, 1.82) is 0 Å². The summed E-state index contributed by atoms with van der Waals surface area (Å²) in [5.74, 6) is 0.188. The lowest BCUT2D eigenvalue weighted by Crippen LogP contribution is -2.23. The zero-order valence-corrected chi connectivity index (χ0v) is 8.66. The lowest BCUT2D eigenvalue weighted by Gasteiger charge is -2.20. The van der Waals surface area contributed by atoms with Gasteiger partial charge in [-0.15, -0.1) is 0 Å². The molecule has 0 heterocycles. The van der Waals surface area contributed by atoms with Crippen LogP contribution >= 0.6 is 0 Å². The zero-order chi connectivity index (χ0) is 10.4. The fourth-order valence-electron chi connectivity index (χ4n) is 2.08. The SMILES string of the molecule is [C-]#[N+]C(CC1CCCCC1)C(=O)OC. The predicted octanol–water partition coefficient (Wildman–Crippen LogP) is 2.42. The molecule has 3 heteroatoms. The number of rotatable bonds is 3. The van der Waals surface area contributed by atoms with Gasteiger partial charge in [0.1, 0.15) is 0 Å². The molecule has 0 bridgehead atoms. The van der Waals surface area contributed by atoms with Gasteiger partial charge in [0.2, 0.25) is 0 Å². The van der Waals surface area contributed by atoms with Crippen molar-refractivity contribution in [2.24, 2.45) is 5.92 Å². The molecule has 0 aliphatic heterocycles. The van der Waals surface area contributed by atoms with Crippen molar-refractivity contribution >= 4 is 5.97 Å². The molecule has 1 aliphatic carbocycles. The highest BCUT2D eigenvalue weighted by Gasteiger charge is 2.28. The van der Waals surface area contributed by atoms with Gasteiger partial charge in [-0.05, 0) is 5.92 Å². The van der Waals surface area contributed by atoms with Crippen molar-refractivity contribution in [1.82, 2.24) is 0 Å². The standard InChI is InChI=1S/C11H17NO2/c1-12-10(11(13)14-2)8-9-6-4-3-5-7-9/h9-10H,3-8H2,2H3. The van der Waals surface area contributed by atoms with Crippen molar-refractivity contribution in [3.8, 4) is 0 Å². The van der Waals surface area contributed by atoms with Crippen LogP contribution in [0.15, 0.2) is 0 Å². The highest BCUT2D eigenvalue weighted by atomic mass is 16.5. The zero-order valence-electron chi connectivity index (χ0n) is 8.66. The average Bonchev–Trinajstić information content (AvgIpc) is 2.26. The predicted molar refractivity (Wildman–Crippen MR) is 53.6 cm³/mol. The lowest BCUT2D eigenvalue weighted by atomic mass is 9.85. The van der Waals surface area contributed by atoms with Crippen LogP contribution in [0.4, 0.5) is 0 Å². The highest BCUT2D eigenvalue weighted by molar-refractivity contribution is 5.77. The Labute approximate surface area is 85.3 Å². The summed E-state index contributed by atoms with van der Waals surface area (Å²) in [4.78, 5) is 14.5. The van der Waals surface area contributed by atoms with E-state index < -0.39 is 6.04 Å². The maximum absolute atomic E-state index is 11.2. The molecule has 0 aromatic carbocycles. The Morgan fingerprint density at radius 2 is 2.14 bits per heavy atom. The molecular formula is C11H17NO2. The van der Waals surface area contributed by atoms with Gasteiger partial charge in [-0.3, -0.25) is 0 Å². The largest absolute Gasteiger partial charge is 0.463 e. The molecule has 0 aromatic heterocycles. The van der Waals surface area contributed by atoms with Crippen LogP contribution in [0.3, 0.4) is 0 Å². The van der Waals surface area contributed by atoms with Gasteiger partial charge in [0, 0.05) is 6.42 Å². The summed E-state index contributed by atoms with van der Waals surface area (Å²) < 4.78 is 4.59. The molecule has 78 valence electrons. The minimum absolute atomic E-state index is 0.370. The maximum atomic E-state index is 11.2. The van der Waals surface area contributed by atoms with Crippen LogP contribution in [0.1, 0.15) is 38.5 Å². The van der Waals surface area contributed by atoms with E-state index in [0.29, 0.717) is 12.3 Å². The monoisotopic (exact) mass is 195 g/mol. The van der Waals surface area contributed by atoms with E-state index in [4.69, 9.17) is 6.57 Å². The van der Waals surface area contributed by atoms with Gasteiger partial charge in [0.25, 0.3) is 0 Å². The Morgan fingerprint density at radius 1 is 1.50 bits per heavy atom. The van der Waals surface area contributed by atoms with Crippen LogP contribution < -0.4 is 0 Å². The van der Waals surface area contributed by atoms with Crippen LogP contribution in [-0.2, 0) is 9.53 Å². The first kappa shape index (κ1) is 11.0. The topological polar surface area (TPSA) is 30.7 Å². The number of carbonyl (C=O) groups is 1.